The van der Waals surface area contributed by atoms with Gasteiger partial charge in [-0.15, -0.1) is 0 Å². The molecule has 0 aliphatic rings. The van der Waals surface area contributed by atoms with Gasteiger partial charge in [0.05, 0.1) is 17.9 Å². The van der Waals surface area contributed by atoms with E-state index >= 15 is 0 Å². The van der Waals surface area contributed by atoms with E-state index in [2.05, 4.69) is 15.3 Å². The number of aromatic nitrogens is 2. The zero-order valence-electron chi connectivity index (χ0n) is 12.5. The van der Waals surface area contributed by atoms with Gasteiger partial charge in [-0.1, -0.05) is 12.1 Å². The number of aryl methyl sites for hydroxylation is 1. The Hall–Kier alpha value is -1.99. The van der Waals surface area contributed by atoms with Crippen molar-refractivity contribution >= 4 is 0 Å². The zero-order chi connectivity index (χ0) is 16.7. The highest BCUT2D eigenvalue weighted by Crippen LogP contribution is 2.31. The molecule has 0 fully saturated rings. The molecule has 2 aromatic rings. The fourth-order valence-corrected chi connectivity index (χ4v) is 2.15. The van der Waals surface area contributed by atoms with Crippen LogP contribution in [0.5, 0.6) is 0 Å². The summed E-state index contributed by atoms with van der Waals surface area (Å²) in [5.74, 6) is 0. The molecule has 0 spiro atoms. The van der Waals surface area contributed by atoms with Gasteiger partial charge >= 0.3 is 6.18 Å². The number of alkyl halides is 3. The second-order valence-corrected chi connectivity index (χ2v) is 5.05. The molecule has 0 aliphatic heterocycles. The van der Waals surface area contributed by atoms with Crippen LogP contribution in [0.2, 0.25) is 0 Å². The molecule has 0 saturated carbocycles. The fourth-order valence-electron chi connectivity index (χ4n) is 2.15. The lowest BCUT2D eigenvalue weighted by molar-refractivity contribution is -0.137. The van der Waals surface area contributed by atoms with Crippen molar-refractivity contribution in [2.75, 3.05) is 19.7 Å². The van der Waals surface area contributed by atoms with E-state index in [0.717, 1.165) is 30.8 Å². The van der Waals surface area contributed by atoms with Crippen LogP contribution in [-0.4, -0.2) is 34.8 Å². The zero-order valence-corrected chi connectivity index (χ0v) is 12.5. The first-order valence-corrected chi connectivity index (χ1v) is 7.31. The van der Waals surface area contributed by atoms with Crippen molar-refractivity contribution in [2.45, 2.75) is 19.0 Å². The minimum Gasteiger partial charge on any atom is -0.395 e. The molecule has 23 heavy (non-hydrogen) atoms. The van der Waals surface area contributed by atoms with Crippen LogP contribution in [0, 0.1) is 0 Å². The molecule has 2 N–H and O–H groups in total. The number of aliphatic hydroxyl groups is 1. The van der Waals surface area contributed by atoms with Crippen molar-refractivity contribution < 1.29 is 18.3 Å². The summed E-state index contributed by atoms with van der Waals surface area (Å²) in [6, 6.07) is 6.82. The van der Waals surface area contributed by atoms with Crippen LogP contribution in [0.4, 0.5) is 13.2 Å². The molecule has 0 amide bonds. The number of rotatable bonds is 7. The number of hydrogen-bond acceptors (Lipinski definition) is 4. The minimum atomic E-state index is -4.37. The van der Waals surface area contributed by atoms with Gasteiger partial charge in [0.1, 0.15) is 6.33 Å². The third kappa shape index (κ3) is 5.30. The monoisotopic (exact) mass is 325 g/mol. The Labute approximate surface area is 132 Å². The average Bonchev–Trinajstić information content (AvgIpc) is 2.54. The van der Waals surface area contributed by atoms with Crippen molar-refractivity contribution in [1.29, 1.82) is 0 Å². The molecule has 0 unspecified atom stereocenters. The Kier molecular flexibility index (Phi) is 6.06. The van der Waals surface area contributed by atoms with Gasteiger partial charge in [-0.2, -0.15) is 13.2 Å². The van der Waals surface area contributed by atoms with Gasteiger partial charge in [0.2, 0.25) is 0 Å². The number of halogens is 3. The predicted molar refractivity (Wildman–Crippen MR) is 80.7 cm³/mol. The number of hydrogen-bond donors (Lipinski definition) is 2. The third-order valence-corrected chi connectivity index (χ3v) is 3.28. The molecule has 0 atom stereocenters. The molecule has 0 saturated heterocycles. The molecule has 1 aromatic carbocycles. The molecular weight excluding hydrogens is 307 g/mol. The SMILES string of the molecule is OCCNCCCc1cc(-c2cccc(C(F)(F)F)c2)ncn1. The number of nitrogens with zero attached hydrogens (tertiary/aromatic N) is 2. The molecule has 124 valence electrons. The van der Waals surface area contributed by atoms with Crippen molar-refractivity contribution in [3.8, 4) is 11.3 Å². The van der Waals surface area contributed by atoms with Gasteiger partial charge in [-0.3, -0.25) is 0 Å². The van der Waals surface area contributed by atoms with Crippen LogP contribution < -0.4 is 5.32 Å². The smallest absolute Gasteiger partial charge is 0.395 e. The summed E-state index contributed by atoms with van der Waals surface area (Å²) in [4.78, 5) is 8.21. The van der Waals surface area contributed by atoms with Crippen LogP contribution in [0.1, 0.15) is 17.7 Å². The quantitative estimate of drug-likeness (QED) is 0.769. The van der Waals surface area contributed by atoms with Gasteiger partial charge < -0.3 is 10.4 Å². The standard InChI is InChI=1S/C16H18F3N3O/c17-16(18,19)13-4-1-3-12(9-13)15-10-14(21-11-22-15)5-2-6-20-7-8-23/h1,3-4,9-11,20,23H,2,5-8H2. The highest BCUT2D eigenvalue weighted by molar-refractivity contribution is 5.60. The molecule has 0 aliphatic carbocycles. The summed E-state index contributed by atoms with van der Waals surface area (Å²) in [5, 5.41) is 11.7. The molecule has 0 radical (unpaired) electrons. The van der Waals surface area contributed by atoms with E-state index < -0.39 is 11.7 Å². The summed E-state index contributed by atoms with van der Waals surface area (Å²) < 4.78 is 38.3. The summed E-state index contributed by atoms with van der Waals surface area (Å²) in [6.45, 7) is 1.37. The summed E-state index contributed by atoms with van der Waals surface area (Å²) >= 11 is 0. The van der Waals surface area contributed by atoms with Crippen LogP contribution >= 0.6 is 0 Å². The molecule has 0 bridgehead atoms. The molecule has 1 aromatic heterocycles. The van der Waals surface area contributed by atoms with Gasteiger partial charge in [-0.25, -0.2) is 9.97 Å². The van der Waals surface area contributed by atoms with Gasteiger partial charge in [0, 0.05) is 17.8 Å². The summed E-state index contributed by atoms with van der Waals surface area (Å²) in [5.41, 5.74) is 0.980. The average molecular weight is 325 g/mol. The normalized spacial score (nSPS) is 11.7. The van der Waals surface area contributed by atoms with Crippen LogP contribution in [-0.2, 0) is 12.6 Å². The number of aliphatic hydroxyl groups excluding tert-OH is 1. The van der Waals surface area contributed by atoms with Crippen molar-refractivity contribution in [1.82, 2.24) is 15.3 Å². The van der Waals surface area contributed by atoms with Crippen molar-refractivity contribution in [3.05, 3.63) is 47.9 Å². The Balaban J connectivity index is 2.07. The first-order valence-electron chi connectivity index (χ1n) is 7.31. The Morgan fingerprint density at radius 2 is 1.91 bits per heavy atom. The molecule has 7 heteroatoms. The molecule has 1 heterocycles. The first-order chi connectivity index (χ1) is 11.0. The van der Waals surface area contributed by atoms with E-state index in [1.165, 1.54) is 12.4 Å². The number of benzene rings is 1. The predicted octanol–water partition coefficient (Wildman–Crippen LogP) is 2.68. The maximum Gasteiger partial charge on any atom is 0.416 e. The van der Waals surface area contributed by atoms with E-state index in [0.29, 0.717) is 24.2 Å². The second kappa shape index (κ2) is 8.03. The lowest BCUT2D eigenvalue weighted by Gasteiger charge is -2.09. The third-order valence-electron chi connectivity index (χ3n) is 3.28. The lowest BCUT2D eigenvalue weighted by atomic mass is 10.1. The number of nitrogens with one attached hydrogen (secondary N) is 1. The molecule has 4 nitrogen and oxygen atoms in total. The lowest BCUT2D eigenvalue weighted by Crippen LogP contribution is -2.19. The van der Waals surface area contributed by atoms with E-state index in [1.54, 1.807) is 12.1 Å². The van der Waals surface area contributed by atoms with Crippen LogP contribution in [0.25, 0.3) is 11.3 Å². The van der Waals surface area contributed by atoms with Crippen LogP contribution in [0.15, 0.2) is 36.7 Å². The van der Waals surface area contributed by atoms with Gasteiger partial charge in [-0.05, 0) is 37.6 Å². The van der Waals surface area contributed by atoms with Gasteiger partial charge in [0.25, 0.3) is 0 Å². The van der Waals surface area contributed by atoms with Crippen molar-refractivity contribution in [3.63, 3.8) is 0 Å². The molecule has 2 rings (SSSR count). The van der Waals surface area contributed by atoms with Crippen molar-refractivity contribution in [2.24, 2.45) is 0 Å². The minimum absolute atomic E-state index is 0.0905. The van der Waals surface area contributed by atoms with Crippen LogP contribution in [0.3, 0.4) is 0 Å². The summed E-state index contributed by atoms with van der Waals surface area (Å²) in [6.07, 6.45) is -1.50. The van der Waals surface area contributed by atoms with E-state index in [9.17, 15) is 13.2 Å². The Morgan fingerprint density at radius 3 is 2.65 bits per heavy atom. The maximum absolute atomic E-state index is 12.8. The fraction of sp³-hybridized carbons (Fsp3) is 0.375. The van der Waals surface area contributed by atoms with E-state index in [1.807, 2.05) is 0 Å². The Bertz CT molecular complexity index is 632. The Morgan fingerprint density at radius 1 is 1.09 bits per heavy atom. The highest BCUT2D eigenvalue weighted by Gasteiger charge is 2.30. The van der Waals surface area contributed by atoms with E-state index in [4.69, 9.17) is 5.11 Å². The van der Waals surface area contributed by atoms with E-state index in [-0.39, 0.29) is 6.61 Å². The largest absolute Gasteiger partial charge is 0.416 e. The van der Waals surface area contributed by atoms with Gasteiger partial charge in [0.15, 0.2) is 0 Å². The summed E-state index contributed by atoms with van der Waals surface area (Å²) in [7, 11) is 0. The maximum atomic E-state index is 12.8. The topological polar surface area (TPSA) is 58.0 Å². The first kappa shape index (κ1) is 17.4. The second-order valence-electron chi connectivity index (χ2n) is 5.05. The molecular formula is C16H18F3N3O. The highest BCUT2D eigenvalue weighted by atomic mass is 19.4.